The molecule has 1 unspecified atom stereocenters. The van der Waals surface area contributed by atoms with Crippen molar-refractivity contribution >= 4 is 11.3 Å². The molecule has 2 nitrogen and oxygen atoms in total. The molecule has 0 saturated heterocycles. The number of benzene rings is 1. The van der Waals surface area contributed by atoms with Crippen LogP contribution in [0.5, 0.6) is 0 Å². The minimum atomic E-state index is -0.429. The highest BCUT2D eigenvalue weighted by molar-refractivity contribution is 7.09. The molecule has 102 valence electrons. The van der Waals surface area contributed by atoms with Gasteiger partial charge in [-0.15, -0.1) is 11.3 Å². The fourth-order valence-electron chi connectivity index (χ4n) is 1.96. The number of nitrogens with one attached hydrogen (secondary N) is 1. The van der Waals surface area contributed by atoms with E-state index in [0.29, 0.717) is 5.56 Å². The lowest BCUT2D eigenvalue weighted by molar-refractivity contribution is 0.537. The highest BCUT2D eigenvalue weighted by Gasteiger charge is 2.21. The molecule has 0 bridgehead atoms. The van der Waals surface area contributed by atoms with Crippen LogP contribution in [-0.4, -0.2) is 11.5 Å². The van der Waals surface area contributed by atoms with Crippen LogP contribution in [0.3, 0.4) is 0 Å². The summed E-state index contributed by atoms with van der Waals surface area (Å²) in [4.78, 5) is 5.11. The van der Waals surface area contributed by atoms with Crippen molar-refractivity contribution in [2.24, 2.45) is 0 Å². The number of halogens is 2. The van der Waals surface area contributed by atoms with Gasteiger partial charge in [0.1, 0.15) is 11.6 Å². The van der Waals surface area contributed by atoms with Crippen molar-refractivity contribution in [3.05, 3.63) is 51.5 Å². The third-order valence-corrected chi connectivity index (χ3v) is 3.91. The summed E-state index contributed by atoms with van der Waals surface area (Å²) < 4.78 is 27.3. The van der Waals surface area contributed by atoms with Crippen molar-refractivity contribution in [2.75, 3.05) is 6.54 Å². The first kappa shape index (κ1) is 14.1. The smallest absolute Gasteiger partial charge is 0.128 e. The van der Waals surface area contributed by atoms with Crippen molar-refractivity contribution in [1.29, 1.82) is 0 Å². The van der Waals surface area contributed by atoms with E-state index in [1.165, 1.54) is 23.5 Å². The summed E-state index contributed by atoms with van der Waals surface area (Å²) in [6.45, 7) is 4.65. The Kier molecular flexibility index (Phi) is 4.61. The molecule has 1 aromatic heterocycles. The molecule has 0 radical (unpaired) electrons. The zero-order valence-corrected chi connectivity index (χ0v) is 11.7. The summed E-state index contributed by atoms with van der Waals surface area (Å²) in [6, 6.07) is 3.21. The lowest BCUT2D eigenvalue weighted by Gasteiger charge is -2.19. The third-order valence-electron chi connectivity index (χ3n) is 2.91. The fourth-order valence-corrected chi connectivity index (χ4v) is 2.85. The van der Waals surface area contributed by atoms with Crippen molar-refractivity contribution in [2.45, 2.75) is 26.3 Å². The maximum Gasteiger partial charge on any atom is 0.128 e. The maximum absolute atomic E-state index is 13.9. The molecule has 2 aromatic rings. The van der Waals surface area contributed by atoms with E-state index in [1.807, 2.05) is 13.8 Å². The number of nitrogens with zero attached hydrogens (tertiary/aromatic N) is 1. The van der Waals surface area contributed by atoms with Gasteiger partial charge in [0.25, 0.3) is 0 Å². The van der Waals surface area contributed by atoms with Crippen molar-refractivity contribution in [3.8, 4) is 0 Å². The molecule has 5 heteroatoms. The molecule has 0 aliphatic carbocycles. The molecule has 2 rings (SSSR count). The van der Waals surface area contributed by atoms with Crippen LogP contribution in [0.25, 0.3) is 0 Å². The number of aromatic nitrogens is 1. The Bertz CT molecular complexity index is 554. The van der Waals surface area contributed by atoms with Gasteiger partial charge in [-0.05, 0) is 38.1 Å². The van der Waals surface area contributed by atoms with Crippen LogP contribution in [0.1, 0.15) is 35.5 Å². The largest absolute Gasteiger partial charge is 0.305 e. The summed E-state index contributed by atoms with van der Waals surface area (Å²) in [5, 5.41) is 3.26. The highest BCUT2D eigenvalue weighted by atomic mass is 32.1. The van der Waals surface area contributed by atoms with Gasteiger partial charge < -0.3 is 5.32 Å². The van der Waals surface area contributed by atoms with Gasteiger partial charge in [0.15, 0.2) is 0 Å². The minimum absolute atomic E-state index is 0.334. The molecule has 0 aliphatic rings. The molecular weight excluding hydrogens is 266 g/mol. The Labute approximate surface area is 115 Å². The zero-order valence-electron chi connectivity index (χ0n) is 10.9. The zero-order chi connectivity index (χ0) is 13.8. The summed E-state index contributed by atoms with van der Waals surface area (Å²) in [7, 11) is 0. The van der Waals surface area contributed by atoms with Gasteiger partial charge in [0, 0.05) is 10.4 Å². The normalized spacial score (nSPS) is 12.6. The van der Waals surface area contributed by atoms with E-state index in [1.54, 1.807) is 5.51 Å². The maximum atomic E-state index is 13.9. The molecular formula is C14H16F2N2S. The summed E-state index contributed by atoms with van der Waals surface area (Å²) in [5.74, 6) is -0.829. The molecule has 1 aromatic carbocycles. The second-order valence-corrected chi connectivity index (χ2v) is 5.24. The van der Waals surface area contributed by atoms with Gasteiger partial charge in [-0.3, -0.25) is 0 Å². The van der Waals surface area contributed by atoms with Gasteiger partial charge in [-0.2, -0.15) is 0 Å². The van der Waals surface area contributed by atoms with Crippen LogP contribution in [0.4, 0.5) is 8.78 Å². The predicted octanol–water partition coefficient (Wildman–Crippen LogP) is 3.82. The quantitative estimate of drug-likeness (QED) is 0.901. The monoisotopic (exact) mass is 282 g/mol. The number of hydrogen-bond donors (Lipinski definition) is 1. The molecule has 1 N–H and O–H groups in total. The Hall–Kier alpha value is -1.33. The number of thiazole rings is 1. The molecule has 0 saturated carbocycles. The molecule has 1 heterocycles. The second kappa shape index (κ2) is 6.21. The molecule has 19 heavy (non-hydrogen) atoms. The van der Waals surface area contributed by atoms with Crippen LogP contribution < -0.4 is 5.32 Å². The minimum Gasteiger partial charge on any atom is -0.305 e. The van der Waals surface area contributed by atoms with E-state index >= 15 is 0 Å². The molecule has 1 atom stereocenters. The van der Waals surface area contributed by atoms with Crippen LogP contribution in [0.2, 0.25) is 0 Å². The van der Waals surface area contributed by atoms with Crippen molar-refractivity contribution in [3.63, 3.8) is 0 Å². The SMILES string of the molecule is CCCNC(c1cc(F)ccc1F)c1scnc1C. The van der Waals surface area contributed by atoms with Crippen LogP contribution in [-0.2, 0) is 0 Å². The molecule has 0 aliphatic heterocycles. The Morgan fingerprint density at radius 2 is 2.16 bits per heavy atom. The molecule has 0 fully saturated rings. The van der Waals surface area contributed by atoms with E-state index < -0.39 is 11.6 Å². The average molecular weight is 282 g/mol. The number of rotatable bonds is 5. The van der Waals surface area contributed by atoms with Gasteiger partial charge in [-0.25, -0.2) is 13.8 Å². The number of hydrogen-bond acceptors (Lipinski definition) is 3. The van der Waals surface area contributed by atoms with E-state index in [0.717, 1.165) is 29.6 Å². The lowest BCUT2D eigenvalue weighted by atomic mass is 10.0. The first-order valence-electron chi connectivity index (χ1n) is 6.21. The summed E-state index contributed by atoms with van der Waals surface area (Å²) in [5.41, 5.74) is 2.91. The van der Waals surface area contributed by atoms with Crippen molar-refractivity contribution in [1.82, 2.24) is 10.3 Å². The van der Waals surface area contributed by atoms with E-state index in [4.69, 9.17) is 0 Å². The first-order chi connectivity index (χ1) is 9.13. The number of aryl methyl sites for hydroxylation is 1. The third kappa shape index (κ3) is 3.16. The van der Waals surface area contributed by atoms with E-state index in [9.17, 15) is 8.78 Å². The fraction of sp³-hybridized carbons (Fsp3) is 0.357. The van der Waals surface area contributed by atoms with Crippen LogP contribution >= 0.6 is 11.3 Å². The Balaban J connectivity index is 2.42. The van der Waals surface area contributed by atoms with Crippen LogP contribution in [0, 0.1) is 18.6 Å². The van der Waals surface area contributed by atoms with Gasteiger partial charge in [0.2, 0.25) is 0 Å². The van der Waals surface area contributed by atoms with E-state index in [-0.39, 0.29) is 6.04 Å². The van der Waals surface area contributed by atoms with Crippen molar-refractivity contribution < 1.29 is 8.78 Å². The standard InChI is InChI=1S/C14H16F2N2S/c1-3-6-17-13(14-9(2)18-8-19-14)11-7-10(15)4-5-12(11)16/h4-5,7-8,13,17H,3,6H2,1-2H3. The molecule has 0 amide bonds. The van der Waals surface area contributed by atoms with E-state index in [2.05, 4.69) is 10.3 Å². The van der Waals surface area contributed by atoms with Gasteiger partial charge in [-0.1, -0.05) is 6.92 Å². The summed E-state index contributed by atoms with van der Waals surface area (Å²) >= 11 is 1.45. The topological polar surface area (TPSA) is 24.9 Å². The highest BCUT2D eigenvalue weighted by Crippen LogP contribution is 2.30. The predicted molar refractivity (Wildman–Crippen MR) is 73.3 cm³/mol. The second-order valence-electron chi connectivity index (χ2n) is 4.35. The van der Waals surface area contributed by atoms with Gasteiger partial charge in [0.05, 0.1) is 17.2 Å². The average Bonchev–Trinajstić information content (AvgIpc) is 2.80. The summed E-state index contributed by atoms with van der Waals surface area (Å²) in [6.07, 6.45) is 0.922. The van der Waals surface area contributed by atoms with Gasteiger partial charge >= 0.3 is 0 Å². The Morgan fingerprint density at radius 3 is 2.79 bits per heavy atom. The Morgan fingerprint density at radius 1 is 1.37 bits per heavy atom. The van der Waals surface area contributed by atoms with Crippen LogP contribution in [0.15, 0.2) is 23.7 Å². The molecule has 0 spiro atoms. The first-order valence-corrected chi connectivity index (χ1v) is 7.09. The lowest BCUT2D eigenvalue weighted by Crippen LogP contribution is -2.24.